The Labute approximate surface area is 151 Å². The molecule has 1 amide bonds. The Bertz CT molecular complexity index is 564. The number of amides is 1. The minimum atomic E-state index is -0.495. The maximum atomic E-state index is 11.8. The van der Waals surface area contributed by atoms with Crippen LogP contribution in [0.5, 0.6) is 0 Å². The number of anilines is 1. The van der Waals surface area contributed by atoms with Crippen molar-refractivity contribution in [2.45, 2.75) is 57.7 Å². The Kier molecular flexibility index (Phi) is 5.93. The molecule has 0 aliphatic heterocycles. The van der Waals surface area contributed by atoms with Crippen LogP contribution < -0.4 is 10.6 Å². The van der Waals surface area contributed by atoms with Crippen molar-refractivity contribution in [2.24, 2.45) is 0 Å². The van der Waals surface area contributed by atoms with Crippen LogP contribution >= 0.6 is 34.8 Å². The molecule has 0 spiro atoms. The molecular weight excluding hydrogens is 359 g/mol. The van der Waals surface area contributed by atoms with Crippen LogP contribution in [0.2, 0.25) is 15.1 Å². The minimum absolute atomic E-state index is 0.0761. The predicted molar refractivity (Wildman–Crippen MR) is 95.9 cm³/mol. The van der Waals surface area contributed by atoms with E-state index in [1.54, 1.807) is 12.1 Å². The predicted octanol–water partition coefficient (Wildman–Crippen LogP) is 5.50. The van der Waals surface area contributed by atoms with E-state index < -0.39 is 5.60 Å². The van der Waals surface area contributed by atoms with Crippen LogP contribution in [-0.4, -0.2) is 23.8 Å². The summed E-state index contributed by atoms with van der Waals surface area (Å²) < 4.78 is 5.28. The number of nitrogens with one attached hydrogen (secondary N) is 2. The molecule has 1 fully saturated rings. The first kappa shape index (κ1) is 18.5. The summed E-state index contributed by atoms with van der Waals surface area (Å²) in [4.78, 5) is 11.8. The Balaban J connectivity index is 1.90. The number of ether oxygens (including phenoxy) is 1. The van der Waals surface area contributed by atoms with Gasteiger partial charge in [-0.15, -0.1) is 0 Å². The van der Waals surface area contributed by atoms with Gasteiger partial charge in [-0.2, -0.15) is 0 Å². The van der Waals surface area contributed by atoms with Gasteiger partial charge in [-0.1, -0.05) is 34.8 Å². The maximum absolute atomic E-state index is 11.8. The van der Waals surface area contributed by atoms with Gasteiger partial charge in [-0.25, -0.2) is 4.79 Å². The molecule has 2 rings (SSSR count). The van der Waals surface area contributed by atoms with Crippen LogP contribution in [0.1, 0.15) is 40.0 Å². The number of hydrogen-bond acceptors (Lipinski definition) is 3. The normalized spacial score (nSPS) is 21.1. The second-order valence-corrected chi connectivity index (χ2v) is 7.99. The number of benzene rings is 1. The lowest BCUT2D eigenvalue weighted by molar-refractivity contribution is 0.0505. The molecule has 4 nitrogen and oxygen atoms in total. The average molecular weight is 380 g/mol. The maximum Gasteiger partial charge on any atom is 0.407 e. The zero-order chi connectivity index (χ0) is 17.2. The smallest absolute Gasteiger partial charge is 0.407 e. The Morgan fingerprint density at radius 3 is 2.26 bits per heavy atom. The van der Waals surface area contributed by atoms with Gasteiger partial charge in [0.15, 0.2) is 0 Å². The second kappa shape index (κ2) is 7.37. The zero-order valence-corrected chi connectivity index (χ0v) is 15.6. The van der Waals surface area contributed by atoms with E-state index in [1.807, 2.05) is 20.8 Å². The second-order valence-electron chi connectivity index (χ2n) is 6.74. The van der Waals surface area contributed by atoms with Crippen LogP contribution in [0.25, 0.3) is 0 Å². The molecule has 1 aromatic carbocycles. The van der Waals surface area contributed by atoms with Crippen molar-refractivity contribution in [3.8, 4) is 0 Å². The first-order valence-electron chi connectivity index (χ1n) is 7.54. The van der Waals surface area contributed by atoms with Crippen molar-refractivity contribution < 1.29 is 9.53 Å². The molecule has 0 bridgehead atoms. The summed E-state index contributed by atoms with van der Waals surface area (Å²) in [7, 11) is 0. The molecule has 2 N–H and O–H groups in total. The molecule has 2 unspecified atom stereocenters. The highest BCUT2D eigenvalue weighted by molar-refractivity contribution is 6.41. The molecule has 0 radical (unpaired) electrons. The standard InChI is InChI=1S/C16H21Cl3N2O2/c1-16(2,3)23-15(22)21-11-5-4-10(8-11)20-14-12(18)6-9(17)7-13(14)19/h6-7,10-11,20H,4-5,8H2,1-3H3,(H,21,22). The van der Waals surface area contributed by atoms with Crippen LogP contribution in [0.4, 0.5) is 10.5 Å². The summed E-state index contributed by atoms with van der Waals surface area (Å²) in [5.41, 5.74) is 0.186. The van der Waals surface area contributed by atoms with Gasteiger partial charge < -0.3 is 15.4 Å². The van der Waals surface area contributed by atoms with Gasteiger partial charge in [-0.3, -0.25) is 0 Å². The number of hydrogen-bond donors (Lipinski definition) is 2. The largest absolute Gasteiger partial charge is 0.444 e. The van der Waals surface area contributed by atoms with Crippen molar-refractivity contribution in [3.05, 3.63) is 27.2 Å². The first-order chi connectivity index (χ1) is 10.6. The SMILES string of the molecule is CC(C)(C)OC(=O)NC1CCC(Nc2c(Cl)cc(Cl)cc2Cl)C1. The fraction of sp³-hybridized carbons (Fsp3) is 0.562. The van der Waals surface area contributed by atoms with Crippen LogP contribution in [-0.2, 0) is 4.74 Å². The van der Waals surface area contributed by atoms with Crippen LogP contribution in [0.3, 0.4) is 0 Å². The highest BCUT2D eigenvalue weighted by Crippen LogP contribution is 2.36. The van der Waals surface area contributed by atoms with E-state index in [9.17, 15) is 4.79 Å². The molecule has 7 heteroatoms. The van der Waals surface area contributed by atoms with E-state index in [4.69, 9.17) is 39.5 Å². The Morgan fingerprint density at radius 2 is 1.70 bits per heavy atom. The van der Waals surface area contributed by atoms with E-state index in [1.165, 1.54) is 0 Å². The number of alkyl carbamates (subject to hydrolysis) is 1. The summed E-state index contributed by atoms with van der Waals surface area (Å²) in [6.45, 7) is 5.53. The van der Waals surface area contributed by atoms with Gasteiger partial charge in [0.1, 0.15) is 5.60 Å². The topological polar surface area (TPSA) is 50.4 Å². The third-order valence-corrected chi connectivity index (χ3v) is 4.32. The van der Waals surface area contributed by atoms with Crippen LogP contribution in [0.15, 0.2) is 12.1 Å². The molecule has 0 aromatic heterocycles. The van der Waals surface area contributed by atoms with Gasteiger partial charge in [0.25, 0.3) is 0 Å². The number of halogens is 3. The van der Waals surface area contributed by atoms with Crippen molar-refractivity contribution in [3.63, 3.8) is 0 Å². The molecule has 23 heavy (non-hydrogen) atoms. The summed E-state index contributed by atoms with van der Waals surface area (Å²) in [6, 6.07) is 3.57. The van der Waals surface area contributed by atoms with Crippen molar-refractivity contribution in [1.29, 1.82) is 0 Å². The number of rotatable bonds is 3. The van der Waals surface area contributed by atoms with E-state index in [2.05, 4.69) is 10.6 Å². The molecule has 0 heterocycles. The number of carbonyl (C=O) groups is 1. The summed E-state index contributed by atoms with van der Waals surface area (Å²) >= 11 is 18.3. The van der Waals surface area contributed by atoms with E-state index in [0.29, 0.717) is 20.8 Å². The van der Waals surface area contributed by atoms with Gasteiger partial charge in [0.2, 0.25) is 0 Å². The molecule has 0 saturated heterocycles. The molecule has 1 saturated carbocycles. The van der Waals surface area contributed by atoms with E-state index in [-0.39, 0.29) is 18.2 Å². The monoisotopic (exact) mass is 378 g/mol. The lowest BCUT2D eigenvalue weighted by Crippen LogP contribution is -2.38. The van der Waals surface area contributed by atoms with Crippen molar-refractivity contribution in [1.82, 2.24) is 5.32 Å². The number of carbonyl (C=O) groups excluding carboxylic acids is 1. The summed E-state index contributed by atoms with van der Waals surface area (Å²) in [5.74, 6) is 0. The fourth-order valence-electron chi connectivity index (χ4n) is 2.60. The molecule has 2 atom stereocenters. The minimum Gasteiger partial charge on any atom is -0.444 e. The summed E-state index contributed by atoms with van der Waals surface area (Å²) in [6.07, 6.45) is 2.19. The lowest BCUT2D eigenvalue weighted by atomic mass is 10.2. The molecule has 128 valence electrons. The molecule has 1 aromatic rings. The average Bonchev–Trinajstić information content (AvgIpc) is 2.78. The van der Waals surface area contributed by atoms with Gasteiger partial charge in [0.05, 0.1) is 15.7 Å². The highest BCUT2D eigenvalue weighted by atomic mass is 35.5. The van der Waals surface area contributed by atoms with Gasteiger partial charge in [-0.05, 0) is 52.2 Å². The molecule has 1 aliphatic rings. The zero-order valence-electron chi connectivity index (χ0n) is 13.4. The lowest BCUT2D eigenvalue weighted by Gasteiger charge is -2.22. The van der Waals surface area contributed by atoms with Gasteiger partial charge >= 0.3 is 6.09 Å². The van der Waals surface area contributed by atoms with Crippen molar-refractivity contribution >= 4 is 46.6 Å². The van der Waals surface area contributed by atoms with E-state index >= 15 is 0 Å². The Hall–Kier alpha value is -0.840. The molecule has 1 aliphatic carbocycles. The molecular formula is C16H21Cl3N2O2. The fourth-order valence-corrected chi connectivity index (χ4v) is 3.53. The van der Waals surface area contributed by atoms with Crippen molar-refractivity contribution in [2.75, 3.05) is 5.32 Å². The Morgan fingerprint density at radius 1 is 1.13 bits per heavy atom. The first-order valence-corrected chi connectivity index (χ1v) is 8.68. The van der Waals surface area contributed by atoms with Gasteiger partial charge in [0, 0.05) is 17.1 Å². The third-order valence-electron chi connectivity index (χ3n) is 3.51. The van der Waals surface area contributed by atoms with E-state index in [0.717, 1.165) is 19.3 Å². The van der Waals surface area contributed by atoms with Crippen LogP contribution in [0, 0.1) is 0 Å². The summed E-state index contributed by atoms with van der Waals surface area (Å²) in [5, 5.41) is 7.73. The third kappa shape index (κ3) is 5.63. The quantitative estimate of drug-likeness (QED) is 0.728. The highest BCUT2D eigenvalue weighted by Gasteiger charge is 2.28.